The minimum absolute atomic E-state index is 0.0881. The second-order valence-corrected chi connectivity index (χ2v) is 6.86. The predicted octanol–water partition coefficient (Wildman–Crippen LogP) is 4.37. The van der Waals surface area contributed by atoms with E-state index >= 15 is 0 Å². The van der Waals surface area contributed by atoms with Gasteiger partial charge in [-0.25, -0.2) is 9.78 Å². The highest BCUT2D eigenvalue weighted by atomic mass is 32.1. The molecule has 4 heteroatoms. The van der Waals surface area contributed by atoms with Crippen LogP contribution in [0.1, 0.15) is 47.9 Å². The SMILES string of the molecule is CCc1nc(-c2ccc(C(C)(C)C)cc2)c(C(=O)O)s1. The van der Waals surface area contributed by atoms with E-state index in [1.54, 1.807) is 0 Å². The molecule has 1 heterocycles. The van der Waals surface area contributed by atoms with Gasteiger partial charge < -0.3 is 5.11 Å². The predicted molar refractivity (Wildman–Crippen MR) is 82.6 cm³/mol. The van der Waals surface area contributed by atoms with Crippen LogP contribution in [-0.2, 0) is 11.8 Å². The molecule has 1 aromatic carbocycles. The monoisotopic (exact) mass is 289 g/mol. The van der Waals surface area contributed by atoms with Crippen molar-refractivity contribution in [2.75, 3.05) is 0 Å². The Morgan fingerprint density at radius 3 is 2.30 bits per heavy atom. The molecule has 0 unspecified atom stereocenters. The second kappa shape index (κ2) is 5.37. The van der Waals surface area contributed by atoms with E-state index in [4.69, 9.17) is 0 Å². The number of carbonyl (C=O) groups is 1. The molecule has 0 spiro atoms. The zero-order valence-electron chi connectivity index (χ0n) is 12.2. The van der Waals surface area contributed by atoms with Crippen LogP contribution in [-0.4, -0.2) is 16.1 Å². The Balaban J connectivity index is 2.46. The molecule has 0 atom stereocenters. The highest BCUT2D eigenvalue weighted by molar-refractivity contribution is 7.14. The van der Waals surface area contributed by atoms with Gasteiger partial charge in [0.15, 0.2) is 0 Å². The quantitative estimate of drug-likeness (QED) is 0.913. The summed E-state index contributed by atoms with van der Waals surface area (Å²) in [6, 6.07) is 8.01. The van der Waals surface area contributed by atoms with Crippen molar-refractivity contribution in [1.29, 1.82) is 0 Å². The zero-order valence-corrected chi connectivity index (χ0v) is 13.0. The molecule has 0 amide bonds. The molecule has 2 rings (SSSR count). The van der Waals surface area contributed by atoms with E-state index in [-0.39, 0.29) is 5.41 Å². The van der Waals surface area contributed by atoms with Crippen molar-refractivity contribution >= 4 is 17.3 Å². The molecule has 0 aliphatic heterocycles. The molecule has 106 valence electrons. The van der Waals surface area contributed by atoms with Crippen molar-refractivity contribution in [3.05, 3.63) is 39.7 Å². The number of hydrogen-bond acceptors (Lipinski definition) is 3. The number of aryl methyl sites for hydroxylation is 1. The summed E-state index contributed by atoms with van der Waals surface area (Å²) in [4.78, 5) is 16.1. The fourth-order valence-electron chi connectivity index (χ4n) is 1.98. The molecule has 1 aromatic heterocycles. The summed E-state index contributed by atoms with van der Waals surface area (Å²) in [5, 5.41) is 10.1. The Bertz CT molecular complexity index is 621. The van der Waals surface area contributed by atoms with Crippen LogP contribution >= 0.6 is 11.3 Å². The van der Waals surface area contributed by atoms with Crippen molar-refractivity contribution < 1.29 is 9.90 Å². The van der Waals surface area contributed by atoms with E-state index in [1.807, 2.05) is 31.2 Å². The fourth-order valence-corrected chi connectivity index (χ4v) is 2.85. The lowest BCUT2D eigenvalue weighted by Crippen LogP contribution is -2.10. The lowest BCUT2D eigenvalue weighted by Gasteiger charge is -2.19. The van der Waals surface area contributed by atoms with E-state index in [2.05, 4.69) is 25.8 Å². The summed E-state index contributed by atoms with van der Waals surface area (Å²) >= 11 is 1.26. The van der Waals surface area contributed by atoms with Crippen LogP contribution < -0.4 is 0 Å². The molecule has 0 saturated carbocycles. The average Bonchev–Trinajstić information content (AvgIpc) is 2.82. The van der Waals surface area contributed by atoms with Crippen LogP contribution in [0, 0.1) is 0 Å². The molecular formula is C16H19NO2S. The largest absolute Gasteiger partial charge is 0.477 e. The molecule has 20 heavy (non-hydrogen) atoms. The molecule has 0 aliphatic carbocycles. The van der Waals surface area contributed by atoms with Crippen LogP contribution in [0.4, 0.5) is 0 Å². The van der Waals surface area contributed by atoms with Crippen LogP contribution in [0.25, 0.3) is 11.3 Å². The van der Waals surface area contributed by atoms with Crippen molar-refractivity contribution in [2.45, 2.75) is 39.5 Å². The number of benzene rings is 1. The van der Waals surface area contributed by atoms with Gasteiger partial charge in [-0.05, 0) is 17.4 Å². The Hall–Kier alpha value is -1.68. The first-order valence-electron chi connectivity index (χ1n) is 6.67. The lowest BCUT2D eigenvalue weighted by molar-refractivity contribution is 0.0702. The van der Waals surface area contributed by atoms with Crippen LogP contribution in [0.2, 0.25) is 0 Å². The third-order valence-electron chi connectivity index (χ3n) is 3.19. The van der Waals surface area contributed by atoms with Crippen LogP contribution in [0.5, 0.6) is 0 Å². The molecule has 2 aromatic rings. The maximum atomic E-state index is 11.3. The number of aromatic carboxylic acids is 1. The number of rotatable bonds is 3. The third kappa shape index (κ3) is 2.90. The fraction of sp³-hybridized carbons (Fsp3) is 0.375. The molecule has 1 N–H and O–H groups in total. The number of carboxylic acid groups (broad SMARTS) is 1. The Kier molecular flexibility index (Phi) is 3.95. The number of hydrogen-bond donors (Lipinski definition) is 1. The molecule has 0 saturated heterocycles. The zero-order chi connectivity index (χ0) is 14.9. The van der Waals surface area contributed by atoms with Crippen LogP contribution in [0.15, 0.2) is 24.3 Å². The van der Waals surface area contributed by atoms with Crippen molar-refractivity contribution in [1.82, 2.24) is 4.98 Å². The number of carboxylic acids is 1. The number of thiazole rings is 1. The summed E-state index contributed by atoms with van der Waals surface area (Å²) in [6.07, 6.45) is 0.755. The Morgan fingerprint density at radius 1 is 1.25 bits per heavy atom. The van der Waals surface area contributed by atoms with Gasteiger partial charge in [0.2, 0.25) is 0 Å². The van der Waals surface area contributed by atoms with Gasteiger partial charge in [0.05, 0.1) is 10.7 Å². The van der Waals surface area contributed by atoms with Gasteiger partial charge in [0, 0.05) is 5.56 Å². The minimum Gasteiger partial charge on any atom is -0.477 e. The molecule has 0 bridgehead atoms. The van der Waals surface area contributed by atoms with Gasteiger partial charge in [-0.2, -0.15) is 0 Å². The minimum atomic E-state index is -0.905. The van der Waals surface area contributed by atoms with E-state index in [0.717, 1.165) is 17.0 Å². The maximum absolute atomic E-state index is 11.3. The molecule has 0 radical (unpaired) electrons. The normalized spacial score (nSPS) is 11.6. The highest BCUT2D eigenvalue weighted by Crippen LogP contribution is 2.30. The van der Waals surface area contributed by atoms with E-state index in [0.29, 0.717) is 10.6 Å². The third-order valence-corrected chi connectivity index (χ3v) is 4.38. The average molecular weight is 289 g/mol. The van der Waals surface area contributed by atoms with E-state index < -0.39 is 5.97 Å². The molecule has 0 fully saturated rings. The molecule has 3 nitrogen and oxygen atoms in total. The van der Waals surface area contributed by atoms with E-state index in [9.17, 15) is 9.90 Å². The second-order valence-electron chi connectivity index (χ2n) is 5.77. The van der Waals surface area contributed by atoms with Gasteiger partial charge in [-0.15, -0.1) is 11.3 Å². The number of aromatic nitrogens is 1. The molecule has 0 aliphatic rings. The van der Waals surface area contributed by atoms with Gasteiger partial charge in [-0.3, -0.25) is 0 Å². The summed E-state index contributed by atoms with van der Waals surface area (Å²) in [7, 11) is 0. The molecular weight excluding hydrogens is 270 g/mol. The number of nitrogens with zero attached hydrogens (tertiary/aromatic N) is 1. The smallest absolute Gasteiger partial charge is 0.348 e. The summed E-state index contributed by atoms with van der Waals surface area (Å²) in [6.45, 7) is 8.45. The highest BCUT2D eigenvalue weighted by Gasteiger charge is 2.19. The van der Waals surface area contributed by atoms with Crippen LogP contribution in [0.3, 0.4) is 0 Å². The first-order chi connectivity index (χ1) is 9.32. The van der Waals surface area contributed by atoms with Gasteiger partial charge in [-0.1, -0.05) is 52.0 Å². The van der Waals surface area contributed by atoms with Gasteiger partial charge in [0.25, 0.3) is 0 Å². The van der Waals surface area contributed by atoms with Crippen molar-refractivity contribution in [3.63, 3.8) is 0 Å². The lowest BCUT2D eigenvalue weighted by atomic mass is 9.86. The summed E-state index contributed by atoms with van der Waals surface area (Å²) < 4.78 is 0. The van der Waals surface area contributed by atoms with Crippen molar-refractivity contribution in [3.8, 4) is 11.3 Å². The standard InChI is InChI=1S/C16H19NO2S/c1-5-12-17-13(14(20-12)15(18)19)10-6-8-11(9-7-10)16(2,3)4/h6-9H,5H2,1-4H3,(H,18,19). The van der Waals surface area contributed by atoms with Gasteiger partial charge in [0.1, 0.15) is 4.88 Å². The Labute approximate surface area is 123 Å². The summed E-state index contributed by atoms with van der Waals surface area (Å²) in [5.41, 5.74) is 2.76. The van der Waals surface area contributed by atoms with Gasteiger partial charge >= 0.3 is 5.97 Å². The Morgan fingerprint density at radius 2 is 1.85 bits per heavy atom. The first-order valence-corrected chi connectivity index (χ1v) is 7.48. The summed E-state index contributed by atoms with van der Waals surface area (Å²) in [5.74, 6) is -0.905. The topological polar surface area (TPSA) is 50.2 Å². The van der Waals surface area contributed by atoms with E-state index in [1.165, 1.54) is 16.9 Å². The maximum Gasteiger partial charge on any atom is 0.348 e. The first kappa shape index (κ1) is 14.7. The van der Waals surface area contributed by atoms with Crippen molar-refractivity contribution in [2.24, 2.45) is 0 Å².